The fourth-order valence-corrected chi connectivity index (χ4v) is 14.0. The summed E-state index contributed by atoms with van der Waals surface area (Å²) in [5.74, 6) is 0.961. The molecule has 3 unspecified atom stereocenters. The Morgan fingerprint density at radius 2 is 0.420 bits per heavy atom. The van der Waals surface area contributed by atoms with Crippen LogP contribution in [-0.4, -0.2) is 96.7 Å². The summed E-state index contributed by atoms with van der Waals surface area (Å²) in [5, 5.41) is 10.6. The third-order valence-electron chi connectivity index (χ3n) is 18.8. The van der Waals surface area contributed by atoms with Gasteiger partial charge in [0.1, 0.15) is 19.3 Å². The molecule has 0 saturated carbocycles. The Bertz CT molecular complexity index is 1950. The van der Waals surface area contributed by atoms with E-state index in [0.717, 1.165) is 114 Å². The topological polar surface area (TPSA) is 237 Å². The Hall–Kier alpha value is -1.94. The van der Waals surface area contributed by atoms with Gasteiger partial charge in [-0.05, 0) is 49.4 Å². The van der Waals surface area contributed by atoms with Gasteiger partial charge in [-0.15, -0.1) is 0 Å². The van der Waals surface area contributed by atoms with Crippen LogP contribution in [0.4, 0.5) is 0 Å². The van der Waals surface area contributed by atoms with Crippen LogP contribution >= 0.6 is 15.6 Å². The number of phosphoric ester groups is 2. The number of phosphoric acid groups is 2. The van der Waals surface area contributed by atoms with Gasteiger partial charge in [0.15, 0.2) is 12.2 Å². The monoisotopic (exact) mass is 1470 g/mol. The zero-order valence-corrected chi connectivity index (χ0v) is 67.6. The largest absolute Gasteiger partial charge is 0.472 e. The number of carbonyl (C=O) groups excluding carboxylic acids is 4. The minimum absolute atomic E-state index is 0.107. The molecule has 0 amide bonds. The lowest BCUT2D eigenvalue weighted by Gasteiger charge is -2.21. The van der Waals surface area contributed by atoms with E-state index in [4.69, 9.17) is 37.0 Å². The maximum atomic E-state index is 13.1. The first-order valence-corrected chi connectivity index (χ1v) is 44.7. The lowest BCUT2D eigenvalue weighted by atomic mass is 10.0. The van der Waals surface area contributed by atoms with Crippen molar-refractivity contribution in [3.8, 4) is 0 Å². The second-order valence-corrected chi connectivity index (χ2v) is 34.0. The summed E-state index contributed by atoms with van der Waals surface area (Å²) >= 11 is 0. The van der Waals surface area contributed by atoms with Crippen molar-refractivity contribution in [1.82, 2.24) is 0 Å². The first kappa shape index (κ1) is 98.1. The number of hydrogen-bond donors (Lipinski definition) is 3. The zero-order chi connectivity index (χ0) is 73.8. The highest BCUT2D eigenvalue weighted by Crippen LogP contribution is 2.45. The minimum Gasteiger partial charge on any atom is -0.462 e. The Kier molecular flexibility index (Phi) is 68.7. The summed E-state index contributed by atoms with van der Waals surface area (Å²) in [6.45, 7) is 14.2. The Balaban J connectivity index is 5.22. The van der Waals surface area contributed by atoms with Gasteiger partial charge in [-0.25, -0.2) is 9.13 Å². The molecule has 0 aromatic rings. The van der Waals surface area contributed by atoms with Crippen molar-refractivity contribution < 1.29 is 80.2 Å². The molecule has 0 aliphatic heterocycles. The highest BCUT2D eigenvalue weighted by Gasteiger charge is 2.30. The van der Waals surface area contributed by atoms with E-state index in [9.17, 15) is 43.2 Å². The molecule has 17 nitrogen and oxygen atoms in total. The van der Waals surface area contributed by atoms with Crippen molar-refractivity contribution in [3.05, 3.63) is 0 Å². The fourth-order valence-electron chi connectivity index (χ4n) is 12.4. The molecule has 0 saturated heterocycles. The van der Waals surface area contributed by atoms with Crippen molar-refractivity contribution in [2.45, 2.75) is 433 Å². The molecule has 0 bridgehead atoms. The van der Waals surface area contributed by atoms with Crippen molar-refractivity contribution in [1.29, 1.82) is 0 Å². The van der Waals surface area contributed by atoms with Gasteiger partial charge in [0, 0.05) is 25.7 Å². The van der Waals surface area contributed by atoms with Crippen LogP contribution in [0.15, 0.2) is 0 Å². The second kappa shape index (κ2) is 70.1. The number of carbonyl (C=O) groups is 4. The second-order valence-electron chi connectivity index (χ2n) is 31.1. The lowest BCUT2D eigenvalue weighted by molar-refractivity contribution is -0.161. The van der Waals surface area contributed by atoms with Gasteiger partial charge in [-0.3, -0.25) is 37.3 Å². The van der Waals surface area contributed by atoms with E-state index in [2.05, 4.69) is 55.4 Å². The third kappa shape index (κ3) is 74.3. The number of aliphatic hydroxyl groups excluding tert-OH is 1. The van der Waals surface area contributed by atoms with Crippen LogP contribution in [0.3, 0.4) is 0 Å². The normalized spacial score (nSPS) is 14.0. The maximum Gasteiger partial charge on any atom is 0.472 e. The minimum atomic E-state index is -4.96. The Morgan fingerprint density at radius 3 is 0.620 bits per heavy atom. The number of rotatable bonds is 78. The van der Waals surface area contributed by atoms with Crippen LogP contribution in [0.5, 0.6) is 0 Å². The summed E-state index contributed by atoms with van der Waals surface area (Å²) in [6, 6.07) is 0. The van der Waals surface area contributed by atoms with Gasteiger partial charge in [0.05, 0.1) is 26.4 Å². The molecule has 0 aromatic heterocycles. The van der Waals surface area contributed by atoms with Gasteiger partial charge in [-0.1, -0.05) is 364 Å². The number of esters is 4. The molecule has 0 rings (SSSR count). The van der Waals surface area contributed by atoms with E-state index in [-0.39, 0.29) is 25.7 Å². The molecule has 19 heteroatoms. The SMILES string of the molecule is CC(C)CCCCCCCCCCCCCCCCCCC(=O)O[C@H](COC(=O)CCCCCCCCCCCCC(C)C)COP(=O)(O)OCC(O)COP(=O)(O)OC[C@@H](COC(=O)CCCCCCCCCC(C)C)OC(=O)CCCCCCCCCCCCCCCCCC(C)C. The van der Waals surface area contributed by atoms with Crippen molar-refractivity contribution >= 4 is 39.5 Å². The van der Waals surface area contributed by atoms with Gasteiger partial charge in [0.2, 0.25) is 0 Å². The van der Waals surface area contributed by atoms with Crippen LogP contribution in [0.2, 0.25) is 0 Å². The third-order valence-corrected chi connectivity index (χ3v) is 20.7. The van der Waals surface area contributed by atoms with E-state index < -0.39 is 97.5 Å². The average molecular weight is 1470 g/mol. The van der Waals surface area contributed by atoms with Crippen LogP contribution in [0.25, 0.3) is 0 Å². The Morgan fingerprint density at radius 1 is 0.250 bits per heavy atom. The van der Waals surface area contributed by atoms with Crippen molar-refractivity contribution in [2.75, 3.05) is 39.6 Å². The predicted molar refractivity (Wildman–Crippen MR) is 409 cm³/mol. The quantitative estimate of drug-likeness (QED) is 0.0222. The molecule has 0 aromatic carbocycles. The van der Waals surface area contributed by atoms with E-state index in [1.165, 1.54) is 212 Å². The molecule has 0 spiro atoms. The summed E-state index contributed by atoms with van der Waals surface area (Å²) in [7, 11) is -9.92. The zero-order valence-electron chi connectivity index (χ0n) is 65.8. The highest BCUT2D eigenvalue weighted by atomic mass is 31.2. The maximum absolute atomic E-state index is 13.1. The van der Waals surface area contributed by atoms with Gasteiger partial charge >= 0.3 is 39.5 Å². The van der Waals surface area contributed by atoms with Gasteiger partial charge in [0.25, 0.3) is 0 Å². The molecule has 0 radical (unpaired) electrons. The van der Waals surface area contributed by atoms with E-state index in [0.29, 0.717) is 31.6 Å². The molecule has 594 valence electrons. The fraction of sp³-hybridized carbons (Fsp3) is 0.951. The van der Waals surface area contributed by atoms with Gasteiger partial charge < -0.3 is 33.8 Å². The molecular formula is C81H158O17P2. The number of hydrogen-bond acceptors (Lipinski definition) is 15. The van der Waals surface area contributed by atoms with E-state index >= 15 is 0 Å². The molecular weight excluding hydrogens is 1310 g/mol. The van der Waals surface area contributed by atoms with Crippen LogP contribution in [0.1, 0.15) is 415 Å². The van der Waals surface area contributed by atoms with Gasteiger partial charge in [-0.2, -0.15) is 0 Å². The first-order valence-electron chi connectivity index (χ1n) is 41.7. The molecule has 3 N–H and O–H groups in total. The molecule has 100 heavy (non-hydrogen) atoms. The smallest absolute Gasteiger partial charge is 0.462 e. The molecule has 5 atom stereocenters. The van der Waals surface area contributed by atoms with Crippen LogP contribution in [0, 0.1) is 23.7 Å². The molecule has 0 heterocycles. The number of unbranched alkanes of at least 4 members (excludes halogenated alkanes) is 44. The Labute approximate surface area is 613 Å². The first-order chi connectivity index (χ1) is 48.1. The van der Waals surface area contributed by atoms with E-state index in [1.807, 2.05) is 0 Å². The summed E-state index contributed by atoms with van der Waals surface area (Å²) in [4.78, 5) is 73.0. The predicted octanol–water partition coefficient (Wildman–Crippen LogP) is 24.0. The van der Waals surface area contributed by atoms with Crippen molar-refractivity contribution in [3.63, 3.8) is 0 Å². The molecule has 0 aliphatic carbocycles. The van der Waals surface area contributed by atoms with Crippen molar-refractivity contribution in [2.24, 2.45) is 23.7 Å². The summed E-state index contributed by atoms with van der Waals surface area (Å²) in [6.07, 6.45) is 57.0. The van der Waals surface area contributed by atoms with Crippen LogP contribution in [-0.2, 0) is 65.4 Å². The summed E-state index contributed by atoms with van der Waals surface area (Å²) < 4.78 is 68.7. The number of ether oxygens (including phenoxy) is 4. The average Bonchev–Trinajstić information content (AvgIpc) is 1.22. The number of aliphatic hydroxyl groups is 1. The lowest BCUT2D eigenvalue weighted by Crippen LogP contribution is -2.30. The standard InChI is InChI=1S/C81H158O17P2/c1-71(2)57-49-41-33-26-20-16-12-9-10-14-18-22-30-38-47-55-63-80(85)97-76(67-91-78(83)61-53-45-37-29-25-24-28-35-43-51-59-73(5)6)69-95-99(87,88)93-65-75(82)66-94-100(89,90)96-70-77(68-92-79(84)62-54-46-40-32-36-44-52-60-74(7)8)98-81(86)64-56-48-39-31-23-19-15-11-13-17-21-27-34-42-50-58-72(3)4/h71-77,82H,9-70H2,1-8H3,(H,87,88)(H,89,90)/t75?,76-,77-/m1/s1. The van der Waals surface area contributed by atoms with Crippen LogP contribution < -0.4 is 0 Å². The molecule has 0 fully saturated rings. The molecule has 0 aliphatic rings. The summed E-state index contributed by atoms with van der Waals surface area (Å²) in [5.41, 5.74) is 0. The van der Waals surface area contributed by atoms with E-state index in [1.54, 1.807) is 0 Å². The highest BCUT2D eigenvalue weighted by molar-refractivity contribution is 7.47.